The molecule has 3 rings (SSSR count). The third-order valence-corrected chi connectivity index (χ3v) is 4.56. The van der Waals surface area contributed by atoms with Gasteiger partial charge in [0, 0.05) is 17.4 Å². The van der Waals surface area contributed by atoms with Gasteiger partial charge in [-0.05, 0) is 12.8 Å². The lowest BCUT2D eigenvalue weighted by Crippen LogP contribution is -2.38. The lowest BCUT2D eigenvalue weighted by Gasteiger charge is -2.28. The summed E-state index contributed by atoms with van der Waals surface area (Å²) >= 11 is 0. The van der Waals surface area contributed by atoms with Crippen molar-refractivity contribution in [3.63, 3.8) is 0 Å². The molecule has 0 aromatic heterocycles. The standard InChI is InChI=1S/C14H13F8N2O/c15-8-3-6(1-2-12(8,16)17)5-24-7-4-13(18,19)11(25)9(7)10(23-24)14(20,21)22/h5-6,8,11,25H,1-4H2/q+1/b24-5-/t6?,8-,11-/m0/s1. The molecule has 2 aliphatic carbocycles. The molecule has 25 heavy (non-hydrogen) atoms. The highest BCUT2D eigenvalue weighted by atomic mass is 19.4. The Morgan fingerprint density at radius 3 is 2.36 bits per heavy atom. The second-order valence-corrected chi connectivity index (χ2v) is 6.40. The Bertz CT molecular complexity index is 679. The number of halogens is 8. The number of aliphatic hydroxyl groups is 1. The van der Waals surface area contributed by atoms with Crippen molar-refractivity contribution in [2.45, 2.75) is 56.0 Å². The number of allylic oxidation sites excluding steroid dienone is 1. The molecule has 0 aromatic rings. The molecule has 3 aliphatic rings. The quantitative estimate of drug-likeness (QED) is 0.552. The monoisotopic (exact) mass is 377 g/mol. The average Bonchev–Trinajstić information content (AvgIpc) is 2.91. The second kappa shape index (κ2) is 5.49. The molecule has 140 valence electrons. The van der Waals surface area contributed by atoms with Crippen molar-refractivity contribution in [1.29, 1.82) is 0 Å². The number of alkyl halides is 8. The van der Waals surface area contributed by atoms with E-state index < -0.39 is 72.5 Å². The van der Waals surface area contributed by atoms with E-state index in [9.17, 15) is 40.2 Å². The highest BCUT2D eigenvalue weighted by molar-refractivity contribution is 6.06. The molecule has 0 spiro atoms. The Kier molecular flexibility index (Phi) is 4.01. The van der Waals surface area contributed by atoms with Crippen LogP contribution in [0, 0.1) is 5.92 Å². The average molecular weight is 377 g/mol. The normalized spacial score (nSPS) is 36.0. The van der Waals surface area contributed by atoms with Crippen LogP contribution < -0.4 is 0 Å². The van der Waals surface area contributed by atoms with Gasteiger partial charge in [-0.1, -0.05) is 4.68 Å². The first-order valence-electron chi connectivity index (χ1n) is 7.44. The van der Waals surface area contributed by atoms with E-state index in [1.165, 1.54) is 0 Å². The van der Waals surface area contributed by atoms with Gasteiger partial charge in [-0.15, -0.1) is 0 Å². The molecular weight excluding hydrogens is 364 g/mol. The van der Waals surface area contributed by atoms with Gasteiger partial charge in [0.2, 0.25) is 11.4 Å². The fourth-order valence-electron chi connectivity index (χ4n) is 3.23. The maximum absolute atomic E-state index is 13.6. The molecule has 1 heterocycles. The zero-order valence-corrected chi connectivity index (χ0v) is 12.5. The number of aliphatic hydroxyl groups excluding tert-OH is 1. The molecule has 0 bridgehead atoms. The van der Waals surface area contributed by atoms with Gasteiger partial charge < -0.3 is 5.11 Å². The van der Waals surface area contributed by atoms with Gasteiger partial charge in [-0.3, -0.25) is 0 Å². The zero-order valence-electron chi connectivity index (χ0n) is 12.5. The Morgan fingerprint density at radius 2 is 1.80 bits per heavy atom. The molecule has 1 N–H and O–H groups in total. The first-order valence-corrected chi connectivity index (χ1v) is 7.44. The number of hydrogen-bond donors (Lipinski definition) is 1. The predicted octanol–water partition coefficient (Wildman–Crippen LogP) is 3.43. The minimum atomic E-state index is -5.08. The largest absolute Gasteiger partial charge is 0.439 e. The molecular formula is C14H13F8N2O+. The van der Waals surface area contributed by atoms with Gasteiger partial charge in [0.05, 0.1) is 5.57 Å². The fourth-order valence-corrected chi connectivity index (χ4v) is 3.23. The number of hydrazone groups is 1. The summed E-state index contributed by atoms with van der Waals surface area (Å²) in [6.07, 6.45) is -12.1. The Morgan fingerprint density at radius 1 is 1.16 bits per heavy atom. The van der Waals surface area contributed by atoms with Gasteiger partial charge in [-0.2, -0.15) is 13.2 Å². The molecule has 0 saturated heterocycles. The van der Waals surface area contributed by atoms with Crippen molar-refractivity contribution in [1.82, 2.24) is 0 Å². The van der Waals surface area contributed by atoms with Crippen molar-refractivity contribution in [2.24, 2.45) is 11.0 Å². The summed E-state index contributed by atoms with van der Waals surface area (Å²) in [4.78, 5) is 0. The molecule has 0 aromatic carbocycles. The topological polar surface area (TPSA) is 35.6 Å². The third-order valence-electron chi connectivity index (χ3n) is 4.56. The van der Waals surface area contributed by atoms with E-state index in [4.69, 9.17) is 0 Å². The van der Waals surface area contributed by atoms with E-state index in [1.54, 1.807) is 0 Å². The van der Waals surface area contributed by atoms with Gasteiger partial charge in [0.15, 0.2) is 18.5 Å². The van der Waals surface area contributed by atoms with Gasteiger partial charge in [0.25, 0.3) is 11.8 Å². The minimum absolute atomic E-state index is 0.220. The molecule has 1 fully saturated rings. The molecule has 0 radical (unpaired) electrons. The molecule has 1 aliphatic heterocycles. The summed E-state index contributed by atoms with van der Waals surface area (Å²) in [5.41, 5.74) is -3.22. The molecule has 3 nitrogen and oxygen atoms in total. The van der Waals surface area contributed by atoms with Gasteiger partial charge >= 0.3 is 6.18 Å². The Labute approximate surface area is 136 Å². The first kappa shape index (κ1) is 18.3. The van der Waals surface area contributed by atoms with Crippen LogP contribution in [-0.4, -0.2) is 52.0 Å². The number of rotatable bonds is 1. The van der Waals surface area contributed by atoms with E-state index >= 15 is 0 Å². The van der Waals surface area contributed by atoms with Crippen molar-refractivity contribution in [2.75, 3.05) is 0 Å². The molecule has 1 unspecified atom stereocenters. The van der Waals surface area contributed by atoms with Crippen LogP contribution in [0.1, 0.15) is 25.7 Å². The highest BCUT2D eigenvalue weighted by Gasteiger charge is 2.62. The van der Waals surface area contributed by atoms with Crippen LogP contribution in [0.3, 0.4) is 0 Å². The van der Waals surface area contributed by atoms with Crippen LogP contribution in [0.15, 0.2) is 16.4 Å². The van der Waals surface area contributed by atoms with Crippen LogP contribution in [0.4, 0.5) is 35.1 Å². The summed E-state index contributed by atoms with van der Waals surface area (Å²) in [6.45, 7) is 0. The maximum Gasteiger partial charge on any atom is 0.439 e. The minimum Gasteiger partial charge on any atom is -0.382 e. The van der Waals surface area contributed by atoms with Gasteiger partial charge in [-0.25, -0.2) is 22.0 Å². The van der Waals surface area contributed by atoms with Crippen LogP contribution in [-0.2, 0) is 0 Å². The Hall–Kier alpha value is -1.52. The lowest BCUT2D eigenvalue weighted by molar-refractivity contribution is -0.480. The van der Waals surface area contributed by atoms with E-state index in [1.807, 2.05) is 0 Å². The van der Waals surface area contributed by atoms with Crippen molar-refractivity contribution < 1.29 is 44.9 Å². The van der Waals surface area contributed by atoms with Crippen LogP contribution >= 0.6 is 0 Å². The van der Waals surface area contributed by atoms with Crippen LogP contribution in [0.25, 0.3) is 0 Å². The van der Waals surface area contributed by atoms with Crippen molar-refractivity contribution in [3.05, 3.63) is 11.3 Å². The van der Waals surface area contributed by atoms with E-state index in [-0.39, 0.29) is 6.42 Å². The van der Waals surface area contributed by atoms with Crippen molar-refractivity contribution in [3.8, 4) is 0 Å². The summed E-state index contributed by atoms with van der Waals surface area (Å²) in [5.74, 6) is -8.20. The third kappa shape index (κ3) is 3.06. The zero-order chi connectivity index (χ0) is 18.8. The first-order chi connectivity index (χ1) is 11.3. The summed E-state index contributed by atoms with van der Waals surface area (Å²) in [7, 11) is 0. The van der Waals surface area contributed by atoms with Gasteiger partial charge in [0.1, 0.15) is 6.42 Å². The second-order valence-electron chi connectivity index (χ2n) is 6.40. The number of nitrogens with zero attached hydrogens (tertiary/aromatic N) is 2. The Balaban J connectivity index is 1.94. The smallest absolute Gasteiger partial charge is 0.382 e. The van der Waals surface area contributed by atoms with Crippen molar-refractivity contribution >= 4 is 11.9 Å². The predicted molar refractivity (Wildman–Crippen MR) is 69.6 cm³/mol. The summed E-state index contributed by atoms with van der Waals surface area (Å²) < 4.78 is 107. The van der Waals surface area contributed by atoms with Crippen LogP contribution in [0.5, 0.6) is 0 Å². The molecule has 3 atom stereocenters. The molecule has 11 heteroatoms. The number of hydrogen-bond acceptors (Lipinski definition) is 2. The fraction of sp³-hybridized carbons (Fsp3) is 0.714. The summed E-state index contributed by atoms with van der Waals surface area (Å²) in [5, 5.41) is 12.7. The molecule has 1 saturated carbocycles. The van der Waals surface area contributed by atoms with E-state index in [2.05, 4.69) is 5.10 Å². The molecule has 0 amide bonds. The van der Waals surface area contributed by atoms with E-state index in [0.717, 1.165) is 6.21 Å². The lowest BCUT2D eigenvalue weighted by atomic mass is 9.86. The maximum atomic E-state index is 13.6. The van der Waals surface area contributed by atoms with E-state index in [0.29, 0.717) is 4.68 Å². The summed E-state index contributed by atoms with van der Waals surface area (Å²) in [6, 6.07) is 0. The SMILES string of the molecule is O[C@H]1C2=C(CC1(F)F)/[N+](=C/C1CCC(F)(F)[C@@H](F)C1)N=C2C(F)(F)F. The van der Waals surface area contributed by atoms with Crippen LogP contribution in [0.2, 0.25) is 0 Å². The highest BCUT2D eigenvalue weighted by Crippen LogP contribution is 2.46.